The molecule has 1 amide bonds. The van der Waals surface area contributed by atoms with Crippen molar-refractivity contribution in [2.24, 2.45) is 0 Å². The number of amides is 1. The van der Waals surface area contributed by atoms with Gasteiger partial charge in [0.05, 0.1) is 16.9 Å². The van der Waals surface area contributed by atoms with E-state index in [0.717, 1.165) is 17.4 Å². The van der Waals surface area contributed by atoms with E-state index >= 15 is 0 Å². The van der Waals surface area contributed by atoms with Gasteiger partial charge in [0, 0.05) is 6.26 Å². The van der Waals surface area contributed by atoms with Gasteiger partial charge < -0.3 is 4.42 Å². The van der Waals surface area contributed by atoms with E-state index in [0.29, 0.717) is 12.3 Å². The molecule has 1 N–H and O–H groups in total. The number of anilines is 1. The fourth-order valence-corrected chi connectivity index (χ4v) is 3.49. The van der Waals surface area contributed by atoms with E-state index in [1.54, 1.807) is 12.1 Å². The lowest BCUT2D eigenvalue weighted by Crippen LogP contribution is -2.16. The highest BCUT2D eigenvalue weighted by Crippen LogP contribution is 2.18. The molecule has 1 aromatic heterocycles. The SMILES string of the molecule is Cc1ccc(Cc2nnc(NC(=O)c3ccccc3S(C)(=O)=O)o2)cc1C. The van der Waals surface area contributed by atoms with Gasteiger partial charge in [0.1, 0.15) is 0 Å². The minimum Gasteiger partial charge on any atom is -0.407 e. The van der Waals surface area contributed by atoms with Crippen molar-refractivity contribution in [2.75, 3.05) is 11.6 Å². The zero-order valence-electron chi connectivity index (χ0n) is 15.2. The summed E-state index contributed by atoms with van der Waals surface area (Å²) in [7, 11) is -3.54. The lowest BCUT2D eigenvalue weighted by atomic mass is 10.0. The van der Waals surface area contributed by atoms with Crippen molar-refractivity contribution >= 4 is 21.8 Å². The van der Waals surface area contributed by atoms with Gasteiger partial charge in [-0.25, -0.2) is 8.42 Å². The number of nitrogens with zero attached hydrogens (tertiary/aromatic N) is 2. The molecule has 0 radical (unpaired) electrons. The van der Waals surface area contributed by atoms with E-state index < -0.39 is 15.7 Å². The van der Waals surface area contributed by atoms with Crippen LogP contribution in [-0.2, 0) is 16.3 Å². The second-order valence-corrected chi connectivity index (χ2v) is 8.30. The van der Waals surface area contributed by atoms with Crippen molar-refractivity contribution in [1.82, 2.24) is 10.2 Å². The highest BCUT2D eigenvalue weighted by atomic mass is 32.2. The molecule has 7 nitrogen and oxygen atoms in total. The number of hydrogen-bond acceptors (Lipinski definition) is 6. The van der Waals surface area contributed by atoms with Gasteiger partial charge >= 0.3 is 6.01 Å². The van der Waals surface area contributed by atoms with Crippen LogP contribution in [0.2, 0.25) is 0 Å². The molecule has 27 heavy (non-hydrogen) atoms. The maximum absolute atomic E-state index is 12.4. The number of nitrogens with one attached hydrogen (secondary N) is 1. The predicted molar refractivity (Wildman–Crippen MR) is 101 cm³/mol. The summed E-state index contributed by atoms with van der Waals surface area (Å²) in [6, 6.07) is 11.9. The van der Waals surface area contributed by atoms with Crippen LogP contribution in [0.1, 0.15) is 32.9 Å². The minimum absolute atomic E-state index is 0.0221. The van der Waals surface area contributed by atoms with Gasteiger partial charge in [0.15, 0.2) is 9.84 Å². The van der Waals surface area contributed by atoms with Gasteiger partial charge in [0.25, 0.3) is 5.91 Å². The highest BCUT2D eigenvalue weighted by Gasteiger charge is 2.20. The van der Waals surface area contributed by atoms with Crippen molar-refractivity contribution < 1.29 is 17.6 Å². The summed E-state index contributed by atoms with van der Waals surface area (Å²) in [5, 5.41) is 10.2. The van der Waals surface area contributed by atoms with Crippen LogP contribution in [0.25, 0.3) is 0 Å². The molecule has 8 heteroatoms. The number of carbonyl (C=O) groups excluding carboxylic acids is 1. The van der Waals surface area contributed by atoms with Crippen LogP contribution in [-0.4, -0.2) is 30.8 Å². The largest absolute Gasteiger partial charge is 0.407 e. The molecule has 0 bridgehead atoms. The summed E-state index contributed by atoms with van der Waals surface area (Å²) in [6.45, 7) is 4.06. The van der Waals surface area contributed by atoms with Crippen molar-refractivity contribution in [3.8, 4) is 0 Å². The fourth-order valence-electron chi connectivity index (χ4n) is 2.61. The average Bonchev–Trinajstić information content (AvgIpc) is 3.04. The van der Waals surface area contributed by atoms with E-state index in [4.69, 9.17) is 4.42 Å². The van der Waals surface area contributed by atoms with Crippen molar-refractivity contribution in [3.05, 3.63) is 70.6 Å². The number of hydrogen-bond donors (Lipinski definition) is 1. The number of benzene rings is 2. The predicted octanol–water partition coefficient (Wildman–Crippen LogP) is 2.93. The Morgan fingerprint density at radius 2 is 1.81 bits per heavy atom. The van der Waals surface area contributed by atoms with E-state index in [9.17, 15) is 13.2 Å². The van der Waals surface area contributed by atoms with Gasteiger partial charge in [-0.3, -0.25) is 10.1 Å². The molecule has 1 heterocycles. The molecule has 0 aliphatic rings. The maximum Gasteiger partial charge on any atom is 0.322 e. The lowest BCUT2D eigenvalue weighted by molar-refractivity contribution is 0.102. The Kier molecular flexibility index (Phi) is 5.09. The Morgan fingerprint density at radius 1 is 1.07 bits per heavy atom. The van der Waals surface area contributed by atoms with Crippen LogP contribution in [0.3, 0.4) is 0 Å². The first kappa shape index (κ1) is 18.8. The third kappa shape index (κ3) is 4.40. The van der Waals surface area contributed by atoms with Gasteiger partial charge in [-0.1, -0.05) is 35.4 Å². The van der Waals surface area contributed by atoms with E-state index in [-0.39, 0.29) is 16.5 Å². The molecule has 0 saturated heterocycles. The van der Waals surface area contributed by atoms with Crippen molar-refractivity contribution in [3.63, 3.8) is 0 Å². The van der Waals surface area contributed by atoms with Crippen LogP contribution in [0.15, 0.2) is 51.8 Å². The summed E-state index contributed by atoms with van der Waals surface area (Å²) in [4.78, 5) is 12.4. The Bertz CT molecular complexity index is 1100. The van der Waals surface area contributed by atoms with Crippen molar-refractivity contribution in [1.29, 1.82) is 0 Å². The quantitative estimate of drug-likeness (QED) is 0.724. The molecule has 0 saturated carbocycles. The highest BCUT2D eigenvalue weighted by molar-refractivity contribution is 7.90. The third-order valence-electron chi connectivity index (χ3n) is 4.15. The van der Waals surface area contributed by atoms with Gasteiger partial charge in [-0.2, -0.15) is 0 Å². The summed E-state index contributed by atoms with van der Waals surface area (Å²) in [5.74, 6) is -0.276. The van der Waals surface area contributed by atoms with Crippen LogP contribution in [0.5, 0.6) is 0 Å². The third-order valence-corrected chi connectivity index (χ3v) is 5.30. The van der Waals surface area contributed by atoms with Gasteiger partial charge in [0.2, 0.25) is 5.89 Å². The average molecular weight is 385 g/mol. The number of aryl methyl sites for hydroxylation is 2. The Hall–Kier alpha value is -3.00. The van der Waals surface area contributed by atoms with Crippen LogP contribution < -0.4 is 5.32 Å². The first-order valence-corrected chi connectivity index (χ1v) is 10.1. The second-order valence-electron chi connectivity index (χ2n) is 6.32. The topological polar surface area (TPSA) is 102 Å². The number of aromatic nitrogens is 2. The molecule has 0 aliphatic carbocycles. The minimum atomic E-state index is -3.54. The Balaban J connectivity index is 1.76. The molecule has 140 valence electrons. The summed E-state index contributed by atoms with van der Waals surface area (Å²) < 4.78 is 29.1. The van der Waals surface area contributed by atoms with E-state index in [1.165, 1.54) is 17.7 Å². The Labute approximate surface area is 157 Å². The fraction of sp³-hybridized carbons (Fsp3) is 0.211. The molecule has 0 fully saturated rings. The van der Waals surface area contributed by atoms with Gasteiger partial charge in [-0.05, 0) is 42.7 Å². The standard InChI is InChI=1S/C19H19N3O4S/c1-12-8-9-14(10-13(12)2)11-17-21-22-19(26-17)20-18(23)15-6-4-5-7-16(15)27(3,24)25/h4-10H,11H2,1-3H3,(H,20,22,23). The molecular formula is C19H19N3O4S. The molecule has 0 unspecified atom stereocenters. The normalized spacial score (nSPS) is 11.4. The molecule has 0 atom stereocenters. The first-order valence-electron chi connectivity index (χ1n) is 8.23. The smallest absolute Gasteiger partial charge is 0.322 e. The number of sulfone groups is 1. The number of rotatable bonds is 5. The molecule has 2 aromatic carbocycles. The number of carbonyl (C=O) groups is 1. The monoisotopic (exact) mass is 385 g/mol. The van der Waals surface area contributed by atoms with Gasteiger partial charge in [-0.15, -0.1) is 5.10 Å². The van der Waals surface area contributed by atoms with E-state index in [1.807, 2.05) is 32.0 Å². The molecule has 3 aromatic rings. The van der Waals surface area contributed by atoms with Crippen LogP contribution >= 0.6 is 0 Å². The van der Waals surface area contributed by atoms with Crippen LogP contribution in [0, 0.1) is 13.8 Å². The van der Waals surface area contributed by atoms with Crippen LogP contribution in [0.4, 0.5) is 6.01 Å². The van der Waals surface area contributed by atoms with Crippen molar-refractivity contribution in [2.45, 2.75) is 25.2 Å². The zero-order chi connectivity index (χ0) is 19.6. The summed E-state index contributed by atoms with van der Waals surface area (Å²) >= 11 is 0. The Morgan fingerprint density at radius 3 is 2.52 bits per heavy atom. The summed E-state index contributed by atoms with van der Waals surface area (Å²) in [5.41, 5.74) is 3.40. The first-order chi connectivity index (χ1) is 12.7. The molecular weight excluding hydrogens is 366 g/mol. The van der Waals surface area contributed by atoms with E-state index in [2.05, 4.69) is 15.5 Å². The maximum atomic E-state index is 12.4. The zero-order valence-corrected chi connectivity index (χ0v) is 16.0. The lowest BCUT2D eigenvalue weighted by Gasteiger charge is -2.06. The molecule has 0 spiro atoms. The summed E-state index contributed by atoms with van der Waals surface area (Å²) in [6.07, 6.45) is 1.48. The second kappa shape index (κ2) is 7.32. The molecule has 3 rings (SSSR count). The molecule has 0 aliphatic heterocycles.